The van der Waals surface area contributed by atoms with Crippen LogP contribution in [0, 0.1) is 0 Å². The summed E-state index contributed by atoms with van der Waals surface area (Å²) in [5, 5.41) is 8.36. The Labute approximate surface area is 167 Å². The van der Waals surface area contributed by atoms with Gasteiger partial charge in [-0.3, -0.25) is 9.69 Å². The zero-order valence-electron chi connectivity index (χ0n) is 16.9. The van der Waals surface area contributed by atoms with Gasteiger partial charge in [-0.25, -0.2) is 4.79 Å². The SMILES string of the molecule is CCN(CC)Cc1ccccc1CNC(=O)NCc1cccc(C(=O)NC)c1. The fourth-order valence-electron chi connectivity index (χ4n) is 2.96. The summed E-state index contributed by atoms with van der Waals surface area (Å²) in [5.74, 6) is -0.142. The van der Waals surface area contributed by atoms with Crippen molar-refractivity contribution in [2.24, 2.45) is 0 Å². The molecule has 0 unspecified atom stereocenters. The number of nitrogens with one attached hydrogen (secondary N) is 3. The first-order valence-electron chi connectivity index (χ1n) is 9.69. The fourth-order valence-corrected chi connectivity index (χ4v) is 2.96. The maximum atomic E-state index is 12.2. The van der Waals surface area contributed by atoms with E-state index in [4.69, 9.17) is 0 Å². The number of urea groups is 1. The summed E-state index contributed by atoms with van der Waals surface area (Å²) < 4.78 is 0. The minimum atomic E-state index is -0.233. The average molecular weight is 383 g/mol. The second-order valence-corrected chi connectivity index (χ2v) is 6.55. The first-order valence-corrected chi connectivity index (χ1v) is 9.69. The van der Waals surface area contributed by atoms with E-state index < -0.39 is 0 Å². The molecule has 0 aliphatic heterocycles. The lowest BCUT2D eigenvalue weighted by molar-refractivity contribution is 0.0963. The van der Waals surface area contributed by atoms with Crippen LogP contribution in [0.3, 0.4) is 0 Å². The first kappa shape index (κ1) is 21.4. The molecule has 2 rings (SSSR count). The lowest BCUT2D eigenvalue weighted by atomic mass is 10.1. The summed E-state index contributed by atoms with van der Waals surface area (Å²) in [4.78, 5) is 26.2. The predicted octanol–water partition coefficient (Wildman–Crippen LogP) is 2.89. The molecule has 0 radical (unpaired) electrons. The molecule has 0 aliphatic rings. The van der Waals surface area contributed by atoms with Gasteiger partial charge >= 0.3 is 6.03 Å². The van der Waals surface area contributed by atoms with Crippen LogP contribution in [-0.2, 0) is 19.6 Å². The number of benzene rings is 2. The molecule has 0 fully saturated rings. The lowest BCUT2D eigenvalue weighted by Gasteiger charge is -2.20. The molecule has 28 heavy (non-hydrogen) atoms. The Balaban J connectivity index is 1.89. The zero-order chi connectivity index (χ0) is 20.4. The Hall–Kier alpha value is -2.86. The molecule has 3 N–H and O–H groups in total. The van der Waals surface area contributed by atoms with E-state index in [1.807, 2.05) is 30.3 Å². The van der Waals surface area contributed by atoms with Crippen molar-refractivity contribution >= 4 is 11.9 Å². The van der Waals surface area contributed by atoms with E-state index in [1.165, 1.54) is 5.56 Å². The summed E-state index contributed by atoms with van der Waals surface area (Å²) in [6.45, 7) is 7.99. The number of amides is 3. The van der Waals surface area contributed by atoms with Crippen LogP contribution in [0.15, 0.2) is 48.5 Å². The number of hydrogen-bond donors (Lipinski definition) is 3. The first-order chi connectivity index (χ1) is 13.6. The van der Waals surface area contributed by atoms with E-state index in [2.05, 4.69) is 40.8 Å². The van der Waals surface area contributed by atoms with Crippen LogP contribution < -0.4 is 16.0 Å². The Morgan fingerprint density at radius 1 is 0.893 bits per heavy atom. The van der Waals surface area contributed by atoms with Crippen LogP contribution in [0.4, 0.5) is 4.79 Å². The maximum absolute atomic E-state index is 12.2. The normalized spacial score (nSPS) is 10.6. The summed E-state index contributed by atoms with van der Waals surface area (Å²) in [5.41, 5.74) is 3.79. The van der Waals surface area contributed by atoms with Gasteiger partial charge < -0.3 is 16.0 Å². The van der Waals surface area contributed by atoms with E-state index >= 15 is 0 Å². The predicted molar refractivity (Wildman–Crippen MR) is 112 cm³/mol. The number of carbonyl (C=O) groups excluding carboxylic acids is 2. The van der Waals surface area contributed by atoms with Gasteiger partial charge in [0.05, 0.1) is 0 Å². The van der Waals surface area contributed by atoms with Gasteiger partial charge in [0.1, 0.15) is 0 Å². The van der Waals surface area contributed by atoms with Gasteiger partial charge in [0.2, 0.25) is 0 Å². The third-order valence-electron chi connectivity index (χ3n) is 4.72. The molecule has 3 amide bonds. The van der Waals surface area contributed by atoms with Crippen LogP contribution >= 0.6 is 0 Å². The molecule has 0 atom stereocenters. The highest BCUT2D eigenvalue weighted by atomic mass is 16.2. The van der Waals surface area contributed by atoms with Crippen LogP contribution in [0.25, 0.3) is 0 Å². The number of hydrogen-bond acceptors (Lipinski definition) is 3. The molecular weight excluding hydrogens is 352 g/mol. The van der Waals surface area contributed by atoms with E-state index in [9.17, 15) is 9.59 Å². The molecule has 2 aromatic rings. The van der Waals surface area contributed by atoms with Crippen LogP contribution in [0.2, 0.25) is 0 Å². The zero-order valence-corrected chi connectivity index (χ0v) is 16.9. The second-order valence-electron chi connectivity index (χ2n) is 6.55. The molecule has 6 heteroatoms. The van der Waals surface area contributed by atoms with Gasteiger partial charge in [-0.1, -0.05) is 50.2 Å². The van der Waals surface area contributed by atoms with Crippen molar-refractivity contribution < 1.29 is 9.59 Å². The Morgan fingerprint density at radius 3 is 2.25 bits per heavy atom. The summed E-state index contributed by atoms with van der Waals surface area (Å²) in [6, 6.07) is 15.2. The summed E-state index contributed by atoms with van der Waals surface area (Å²) in [7, 11) is 1.60. The molecule has 0 saturated carbocycles. The fraction of sp³-hybridized carbons (Fsp3) is 0.364. The minimum absolute atomic E-state index is 0.142. The Bertz CT molecular complexity index is 788. The second kappa shape index (κ2) is 11.1. The van der Waals surface area contributed by atoms with Crippen LogP contribution in [0.5, 0.6) is 0 Å². The van der Waals surface area contributed by atoms with E-state index in [0.29, 0.717) is 18.7 Å². The molecule has 0 heterocycles. The van der Waals surface area contributed by atoms with Crippen molar-refractivity contribution in [2.45, 2.75) is 33.5 Å². The third-order valence-corrected chi connectivity index (χ3v) is 4.72. The Kier molecular flexibility index (Phi) is 8.49. The van der Waals surface area contributed by atoms with Gasteiger partial charge in [0.15, 0.2) is 0 Å². The van der Waals surface area contributed by atoms with Crippen LogP contribution in [-0.4, -0.2) is 37.0 Å². The molecule has 0 spiro atoms. The molecular formula is C22H30N4O2. The van der Waals surface area contributed by atoms with Gasteiger partial charge in [-0.05, 0) is 41.9 Å². The standard InChI is InChI=1S/C22H30N4O2/c1-4-26(5-2)16-20-11-7-6-10-19(20)15-25-22(28)24-14-17-9-8-12-18(13-17)21(27)23-3/h6-13H,4-5,14-16H2,1-3H3,(H,23,27)(H2,24,25,28). The molecule has 2 aromatic carbocycles. The highest BCUT2D eigenvalue weighted by Crippen LogP contribution is 2.12. The molecule has 150 valence electrons. The Morgan fingerprint density at radius 2 is 1.57 bits per heavy atom. The maximum Gasteiger partial charge on any atom is 0.315 e. The van der Waals surface area contributed by atoms with E-state index in [0.717, 1.165) is 30.8 Å². The van der Waals surface area contributed by atoms with Crippen molar-refractivity contribution in [1.29, 1.82) is 0 Å². The van der Waals surface area contributed by atoms with Crippen molar-refractivity contribution in [1.82, 2.24) is 20.9 Å². The smallest absolute Gasteiger partial charge is 0.315 e. The minimum Gasteiger partial charge on any atom is -0.355 e. The molecule has 0 aromatic heterocycles. The molecule has 0 saturated heterocycles. The van der Waals surface area contributed by atoms with Crippen molar-refractivity contribution in [3.63, 3.8) is 0 Å². The number of nitrogens with zero attached hydrogens (tertiary/aromatic N) is 1. The topological polar surface area (TPSA) is 73.5 Å². The quantitative estimate of drug-likeness (QED) is 0.624. The van der Waals surface area contributed by atoms with Gasteiger partial charge in [-0.2, -0.15) is 0 Å². The van der Waals surface area contributed by atoms with Gasteiger partial charge in [0, 0.05) is 32.2 Å². The van der Waals surface area contributed by atoms with Crippen LogP contribution in [0.1, 0.15) is 40.9 Å². The van der Waals surface area contributed by atoms with E-state index in [1.54, 1.807) is 19.2 Å². The monoisotopic (exact) mass is 382 g/mol. The largest absolute Gasteiger partial charge is 0.355 e. The highest BCUT2D eigenvalue weighted by Gasteiger charge is 2.08. The summed E-state index contributed by atoms with van der Waals surface area (Å²) in [6.07, 6.45) is 0. The molecule has 0 aliphatic carbocycles. The van der Waals surface area contributed by atoms with Gasteiger partial charge in [0.25, 0.3) is 5.91 Å². The molecule has 0 bridgehead atoms. The van der Waals surface area contributed by atoms with Crippen molar-refractivity contribution in [3.05, 3.63) is 70.8 Å². The number of carbonyl (C=O) groups is 2. The third kappa shape index (κ3) is 6.39. The highest BCUT2D eigenvalue weighted by molar-refractivity contribution is 5.94. The average Bonchev–Trinajstić information content (AvgIpc) is 2.74. The summed E-state index contributed by atoms with van der Waals surface area (Å²) >= 11 is 0. The number of rotatable bonds is 9. The van der Waals surface area contributed by atoms with Crippen molar-refractivity contribution in [3.8, 4) is 0 Å². The molecule has 6 nitrogen and oxygen atoms in total. The van der Waals surface area contributed by atoms with Gasteiger partial charge in [-0.15, -0.1) is 0 Å². The van der Waals surface area contributed by atoms with E-state index in [-0.39, 0.29) is 11.9 Å². The van der Waals surface area contributed by atoms with Crippen molar-refractivity contribution in [2.75, 3.05) is 20.1 Å². The lowest BCUT2D eigenvalue weighted by Crippen LogP contribution is -2.35.